The Morgan fingerprint density at radius 3 is 1.75 bits per heavy atom. The highest BCUT2D eigenvalue weighted by Gasteiger charge is 2.50. The summed E-state index contributed by atoms with van der Waals surface area (Å²) in [5.74, 6) is 1.82. The molecule has 0 aliphatic carbocycles. The summed E-state index contributed by atoms with van der Waals surface area (Å²) in [5.41, 5.74) is 6.94. The van der Waals surface area contributed by atoms with Gasteiger partial charge in [-0.15, -0.1) is 25.3 Å². The van der Waals surface area contributed by atoms with Crippen LogP contribution in [0.4, 0.5) is 0 Å². The smallest absolute Gasteiger partial charge is 0.132 e. The monoisotopic (exact) mass is 570 g/mol. The van der Waals surface area contributed by atoms with E-state index in [9.17, 15) is 0 Å². The molecule has 1 spiro atoms. The van der Waals surface area contributed by atoms with Crippen molar-refractivity contribution in [1.29, 1.82) is 0 Å². The lowest BCUT2D eigenvalue weighted by molar-refractivity contribution is 0.431. The molecule has 0 bridgehead atoms. The first-order valence-electron chi connectivity index (χ1n) is 13.6. The van der Waals surface area contributed by atoms with Crippen molar-refractivity contribution in [3.8, 4) is 11.5 Å². The van der Waals surface area contributed by atoms with Crippen LogP contribution in [-0.2, 0) is 11.8 Å². The number of fused-ring (bicyclic) bond motifs is 12. The molecule has 0 saturated heterocycles. The Labute approximate surface area is 249 Å². The van der Waals surface area contributed by atoms with E-state index in [2.05, 4.69) is 111 Å². The van der Waals surface area contributed by atoms with E-state index >= 15 is 0 Å². The van der Waals surface area contributed by atoms with Gasteiger partial charge in [-0.2, -0.15) is 0 Å². The van der Waals surface area contributed by atoms with E-state index in [1.54, 1.807) is 0 Å². The third-order valence-electron chi connectivity index (χ3n) is 8.80. The van der Waals surface area contributed by atoms with Crippen LogP contribution in [0, 0.1) is 6.92 Å². The number of thiol groups is 2. The highest BCUT2D eigenvalue weighted by Crippen LogP contribution is 2.63. The Hall–Kier alpha value is -3.31. The van der Waals surface area contributed by atoms with Crippen molar-refractivity contribution >= 4 is 58.6 Å². The van der Waals surface area contributed by atoms with Crippen molar-refractivity contribution in [1.82, 2.24) is 0 Å². The summed E-state index contributed by atoms with van der Waals surface area (Å²) in [7, 11) is 0. The topological polar surface area (TPSA) is 9.23 Å². The summed E-state index contributed by atoms with van der Waals surface area (Å²) in [4.78, 5) is 4.67. The molecule has 0 atom stereocenters. The fourth-order valence-electron chi connectivity index (χ4n) is 6.95. The minimum Gasteiger partial charge on any atom is -0.457 e. The highest BCUT2D eigenvalue weighted by atomic mass is 32.2. The second-order valence-corrected chi connectivity index (χ2v) is 12.6. The molecule has 2 aliphatic heterocycles. The van der Waals surface area contributed by atoms with Gasteiger partial charge in [-0.3, -0.25) is 0 Å². The predicted octanol–water partition coefficient (Wildman–Crippen LogP) is 10.4. The first-order valence-corrected chi connectivity index (χ1v) is 15.3. The van der Waals surface area contributed by atoms with Crippen LogP contribution >= 0.6 is 37.0 Å². The van der Waals surface area contributed by atoms with E-state index in [1.807, 2.05) is 11.8 Å². The summed E-state index contributed by atoms with van der Waals surface area (Å²) >= 11 is 11.5. The molecule has 6 aromatic carbocycles. The zero-order valence-corrected chi connectivity index (χ0v) is 24.8. The number of benzene rings is 6. The predicted molar refractivity (Wildman–Crippen MR) is 173 cm³/mol. The molecule has 0 radical (unpaired) electrons. The van der Waals surface area contributed by atoms with Crippen molar-refractivity contribution in [2.45, 2.75) is 45.3 Å². The number of aryl methyl sites for hydroxylation is 2. The lowest BCUT2D eigenvalue weighted by atomic mass is 9.63. The molecule has 4 heteroatoms. The summed E-state index contributed by atoms with van der Waals surface area (Å²) in [6.07, 6.45) is 0.938. The van der Waals surface area contributed by atoms with Gasteiger partial charge >= 0.3 is 0 Å². The summed E-state index contributed by atoms with van der Waals surface area (Å²) in [5, 5.41) is 5.08. The maximum absolute atomic E-state index is 6.57. The van der Waals surface area contributed by atoms with Gasteiger partial charge in [-0.25, -0.2) is 0 Å². The Kier molecular flexibility index (Phi) is 5.41. The van der Waals surface area contributed by atoms with Crippen LogP contribution in [0.15, 0.2) is 117 Å². The zero-order valence-electron chi connectivity index (χ0n) is 22.2. The fourth-order valence-corrected chi connectivity index (χ4v) is 8.94. The van der Waals surface area contributed by atoms with Gasteiger partial charge in [-0.1, -0.05) is 91.5 Å². The van der Waals surface area contributed by atoms with E-state index < -0.39 is 5.41 Å². The van der Waals surface area contributed by atoms with Crippen molar-refractivity contribution in [2.24, 2.45) is 0 Å². The molecule has 0 fully saturated rings. The van der Waals surface area contributed by atoms with Gasteiger partial charge in [0.1, 0.15) is 11.5 Å². The van der Waals surface area contributed by atoms with Crippen LogP contribution in [0.5, 0.6) is 11.5 Å². The van der Waals surface area contributed by atoms with Crippen LogP contribution in [0.25, 0.3) is 21.5 Å². The summed E-state index contributed by atoms with van der Waals surface area (Å²) in [6, 6.07) is 35.3. The average molecular weight is 571 g/mol. The minimum absolute atomic E-state index is 0.525. The highest BCUT2D eigenvalue weighted by molar-refractivity contribution is 8.00. The quantitative estimate of drug-likeness (QED) is 0.190. The molecular formula is C36H26OS3. The molecule has 194 valence electrons. The average Bonchev–Trinajstić information content (AvgIpc) is 2.98. The molecule has 2 aliphatic rings. The van der Waals surface area contributed by atoms with E-state index in [0.717, 1.165) is 27.7 Å². The number of hydrogen-bond acceptors (Lipinski definition) is 4. The standard InChI is InChI=1S/C36H26OS3/c1-3-21-23-13-17-29-35(25(23)15-19-33(21)39)40-34-24-14-18-32(38)20(2)22(24)12-16-28(34)36(29)26-8-4-6-10-30(26)37-31-11-7-5-9-27(31)36/h4-19,38-39H,3H2,1-2H3. The Balaban J connectivity index is 1.61. The van der Waals surface area contributed by atoms with Gasteiger partial charge in [0.05, 0.1) is 5.41 Å². The zero-order chi connectivity index (χ0) is 27.2. The molecule has 40 heavy (non-hydrogen) atoms. The molecule has 0 unspecified atom stereocenters. The van der Waals surface area contributed by atoms with Crippen LogP contribution < -0.4 is 4.74 Å². The fraction of sp³-hybridized carbons (Fsp3) is 0.111. The first-order chi connectivity index (χ1) is 19.5. The van der Waals surface area contributed by atoms with Crippen LogP contribution in [-0.4, -0.2) is 0 Å². The normalized spacial score (nSPS) is 14.4. The van der Waals surface area contributed by atoms with Gasteiger partial charge < -0.3 is 4.74 Å². The first kappa shape index (κ1) is 24.5. The molecule has 6 aromatic rings. The van der Waals surface area contributed by atoms with Gasteiger partial charge in [-0.05, 0) is 81.4 Å². The van der Waals surface area contributed by atoms with Gasteiger partial charge in [0.15, 0.2) is 0 Å². The maximum Gasteiger partial charge on any atom is 0.132 e. The lowest BCUT2D eigenvalue weighted by Gasteiger charge is -2.45. The Morgan fingerprint density at radius 1 is 0.600 bits per heavy atom. The number of ether oxygens (including phenoxy) is 1. The largest absolute Gasteiger partial charge is 0.457 e. The second-order valence-electron chi connectivity index (χ2n) is 10.6. The van der Waals surface area contributed by atoms with E-state index in [-0.39, 0.29) is 0 Å². The molecule has 0 aromatic heterocycles. The van der Waals surface area contributed by atoms with Crippen LogP contribution in [0.1, 0.15) is 40.3 Å². The number of para-hydroxylation sites is 2. The van der Waals surface area contributed by atoms with Crippen molar-refractivity contribution in [3.63, 3.8) is 0 Å². The molecular weight excluding hydrogens is 545 g/mol. The number of hydrogen-bond donors (Lipinski definition) is 2. The summed E-state index contributed by atoms with van der Waals surface area (Å²) in [6.45, 7) is 4.39. The molecule has 1 nitrogen and oxygen atoms in total. The van der Waals surface area contributed by atoms with Crippen LogP contribution in [0.3, 0.4) is 0 Å². The molecule has 0 N–H and O–H groups in total. The van der Waals surface area contributed by atoms with Crippen LogP contribution in [0.2, 0.25) is 0 Å². The molecule has 2 heterocycles. The minimum atomic E-state index is -0.525. The van der Waals surface area contributed by atoms with E-state index in [4.69, 9.17) is 30.0 Å². The van der Waals surface area contributed by atoms with E-state index in [1.165, 1.54) is 64.7 Å². The third-order valence-corrected chi connectivity index (χ3v) is 11.0. The SMILES string of the molecule is CCc1c(S)ccc2c3c(ccc12)C1(c2ccccc2Oc2ccccc21)c1ccc2c(C)c(S)ccc2c1S3. The maximum atomic E-state index is 6.57. The van der Waals surface area contributed by atoms with Gasteiger partial charge in [0.25, 0.3) is 0 Å². The lowest BCUT2D eigenvalue weighted by Crippen LogP contribution is -2.36. The number of rotatable bonds is 1. The molecule has 0 saturated carbocycles. The van der Waals surface area contributed by atoms with E-state index in [0.29, 0.717) is 0 Å². The Morgan fingerprint density at radius 2 is 1.12 bits per heavy atom. The van der Waals surface area contributed by atoms with Gasteiger partial charge in [0.2, 0.25) is 0 Å². The van der Waals surface area contributed by atoms with Crippen molar-refractivity contribution in [2.75, 3.05) is 0 Å². The third kappa shape index (κ3) is 3.10. The van der Waals surface area contributed by atoms with Crippen molar-refractivity contribution < 1.29 is 4.74 Å². The second kappa shape index (κ2) is 8.84. The Bertz CT molecular complexity index is 2000. The molecule has 8 rings (SSSR count). The van der Waals surface area contributed by atoms with Crippen molar-refractivity contribution in [3.05, 3.63) is 130 Å². The summed E-state index contributed by atoms with van der Waals surface area (Å²) < 4.78 is 6.57. The van der Waals surface area contributed by atoms with Gasteiger partial charge in [0, 0.05) is 30.7 Å². The molecule has 0 amide bonds.